The summed E-state index contributed by atoms with van der Waals surface area (Å²) in [5, 5.41) is 18.3. The van der Waals surface area contributed by atoms with Gasteiger partial charge in [-0.25, -0.2) is 0 Å². The van der Waals surface area contributed by atoms with E-state index in [1.807, 2.05) is 60.7 Å². The highest BCUT2D eigenvalue weighted by Gasteiger charge is 2.05. The Labute approximate surface area is 173 Å². The molecule has 2 N–H and O–H groups in total. The van der Waals surface area contributed by atoms with Crippen molar-refractivity contribution in [1.29, 1.82) is 0 Å². The normalized spacial score (nSPS) is 11.2. The number of rotatable bonds is 6. The molecule has 0 unspecified atom stereocenters. The maximum atomic E-state index is 10.7. The zero-order valence-corrected chi connectivity index (χ0v) is 16.0. The summed E-state index contributed by atoms with van der Waals surface area (Å²) in [4.78, 5) is 14.6. The number of nitro groups is 1. The number of benzene rings is 2. The molecule has 0 spiro atoms. The zero-order valence-electron chi connectivity index (χ0n) is 15.2. The fraction of sp³-hybridized carbons (Fsp3) is 0. The molecule has 29 heavy (non-hydrogen) atoms. The number of nitrogens with zero attached hydrogens (tertiary/aromatic N) is 3. The lowest BCUT2D eigenvalue weighted by molar-refractivity contribution is -0.384. The van der Waals surface area contributed by atoms with Gasteiger partial charge in [0.05, 0.1) is 10.6 Å². The van der Waals surface area contributed by atoms with Crippen molar-refractivity contribution in [3.05, 3.63) is 106 Å². The van der Waals surface area contributed by atoms with Gasteiger partial charge in [-0.1, -0.05) is 42.5 Å². The Morgan fingerprint density at radius 1 is 1.03 bits per heavy atom. The molecule has 1 heterocycles. The second-order valence-corrected chi connectivity index (χ2v) is 6.23. The smallest absolute Gasteiger partial charge is 0.269 e. The first-order valence-electron chi connectivity index (χ1n) is 8.65. The molecule has 0 bridgehead atoms. The molecular weight excluding hydrogens is 386 g/mol. The van der Waals surface area contributed by atoms with Gasteiger partial charge in [-0.2, -0.15) is 5.10 Å². The molecule has 7 nitrogen and oxygen atoms in total. The number of non-ortho nitro benzene ring substituents is 1. The maximum absolute atomic E-state index is 10.7. The van der Waals surface area contributed by atoms with E-state index in [1.165, 1.54) is 12.1 Å². The number of nitrogens with one attached hydrogen (secondary N) is 2. The molecule has 0 saturated carbocycles. The Hall–Kier alpha value is -3.91. The van der Waals surface area contributed by atoms with Crippen LogP contribution in [0.4, 0.5) is 11.4 Å². The molecule has 0 saturated heterocycles. The minimum atomic E-state index is -0.456. The van der Waals surface area contributed by atoms with Crippen molar-refractivity contribution in [2.24, 2.45) is 5.10 Å². The van der Waals surface area contributed by atoms with Gasteiger partial charge in [-0.05, 0) is 48.1 Å². The number of aromatic nitrogens is 1. The van der Waals surface area contributed by atoms with Gasteiger partial charge in [0.1, 0.15) is 5.71 Å². The molecule has 8 heteroatoms. The topological polar surface area (TPSA) is 92.5 Å². The van der Waals surface area contributed by atoms with Crippen molar-refractivity contribution in [3.63, 3.8) is 0 Å². The van der Waals surface area contributed by atoms with Gasteiger partial charge in [-0.3, -0.25) is 20.5 Å². The van der Waals surface area contributed by atoms with Gasteiger partial charge in [0, 0.05) is 24.0 Å². The summed E-state index contributed by atoms with van der Waals surface area (Å²) in [6.45, 7) is 0. The summed E-state index contributed by atoms with van der Waals surface area (Å²) < 4.78 is 0. The van der Waals surface area contributed by atoms with E-state index in [1.54, 1.807) is 18.3 Å². The standard InChI is InChI=1S/C21H17N5O2S/c27-26(28)18-12-10-17(11-13-18)23-21(29)25-24-20(19-8-4-5-15-22-19)14-9-16-6-2-1-3-7-16/h1-15H,(H2,23,25,29)/b14-9+,24-20+. The van der Waals surface area contributed by atoms with Crippen molar-refractivity contribution in [3.8, 4) is 0 Å². The number of hydrazone groups is 1. The third-order valence-electron chi connectivity index (χ3n) is 3.77. The quantitative estimate of drug-likeness (QED) is 0.274. The third kappa shape index (κ3) is 6.05. The Morgan fingerprint density at radius 2 is 1.76 bits per heavy atom. The molecule has 2 aromatic carbocycles. The van der Waals surface area contributed by atoms with Crippen LogP contribution in [0.15, 0.2) is 90.2 Å². The lowest BCUT2D eigenvalue weighted by Crippen LogP contribution is -2.25. The molecule has 0 atom stereocenters. The van der Waals surface area contributed by atoms with Gasteiger partial charge >= 0.3 is 0 Å². The van der Waals surface area contributed by atoms with E-state index >= 15 is 0 Å². The van der Waals surface area contributed by atoms with Gasteiger partial charge in [0.15, 0.2) is 5.11 Å². The van der Waals surface area contributed by atoms with Gasteiger partial charge in [-0.15, -0.1) is 0 Å². The number of hydrogen-bond donors (Lipinski definition) is 2. The summed E-state index contributed by atoms with van der Waals surface area (Å²) >= 11 is 5.26. The predicted octanol–water partition coefficient (Wildman–Crippen LogP) is 4.39. The van der Waals surface area contributed by atoms with E-state index in [2.05, 4.69) is 20.8 Å². The van der Waals surface area contributed by atoms with Gasteiger partial charge in [0.2, 0.25) is 0 Å². The summed E-state index contributed by atoms with van der Waals surface area (Å²) in [6.07, 6.45) is 5.47. The molecule has 0 aliphatic heterocycles. The fourth-order valence-corrected chi connectivity index (χ4v) is 2.53. The second-order valence-electron chi connectivity index (χ2n) is 5.83. The number of nitro benzene ring substituents is 1. The minimum Gasteiger partial charge on any atom is -0.331 e. The lowest BCUT2D eigenvalue weighted by atomic mass is 10.1. The predicted molar refractivity (Wildman–Crippen MR) is 119 cm³/mol. The van der Waals surface area contributed by atoms with Crippen molar-refractivity contribution >= 4 is 40.5 Å². The average Bonchev–Trinajstić information content (AvgIpc) is 2.75. The molecule has 0 aliphatic carbocycles. The van der Waals surface area contributed by atoms with Crippen molar-refractivity contribution < 1.29 is 4.92 Å². The SMILES string of the molecule is O=[N+]([O-])c1ccc(NC(=S)N/N=C(\C=C\c2ccccc2)c2ccccn2)cc1. The molecule has 0 aliphatic rings. The highest BCUT2D eigenvalue weighted by Crippen LogP contribution is 2.15. The van der Waals surface area contributed by atoms with E-state index in [9.17, 15) is 10.1 Å². The van der Waals surface area contributed by atoms with E-state index < -0.39 is 4.92 Å². The summed E-state index contributed by atoms with van der Waals surface area (Å²) in [6, 6.07) is 21.3. The van der Waals surface area contributed by atoms with Crippen LogP contribution in [0.25, 0.3) is 6.08 Å². The molecular formula is C21H17N5O2S. The van der Waals surface area contributed by atoms with Crippen LogP contribution in [0.3, 0.4) is 0 Å². The first kappa shape index (κ1) is 19.8. The molecule has 3 aromatic rings. The Kier molecular flexibility index (Phi) is 6.75. The fourth-order valence-electron chi connectivity index (χ4n) is 2.37. The number of anilines is 1. The summed E-state index contributed by atoms with van der Waals surface area (Å²) in [5.41, 5.74) is 5.73. The maximum Gasteiger partial charge on any atom is 0.269 e. The van der Waals surface area contributed by atoms with Crippen LogP contribution in [-0.4, -0.2) is 20.7 Å². The molecule has 144 valence electrons. The van der Waals surface area contributed by atoms with Crippen LogP contribution >= 0.6 is 12.2 Å². The summed E-state index contributed by atoms with van der Waals surface area (Å²) in [7, 11) is 0. The lowest BCUT2D eigenvalue weighted by Gasteiger charge is -2.08. The molecule has 0 radical (unpaired) electrons. The Balaban J connectivity index is 1.72. The first-order valence-corrected chi connectivity index (χ1v) is 9.06. The van der Waals surface area contributed by atoms with E-state index in [-0.39, 0.29) is 10.8 Å². The largest absolute Gasteiger partial charge is 0.331 e. The van der Waals surface area contributed by atoms with Crippen LogP contribution in [0.5, 0.6) is 0 Å². The van der Waals surface area contributed by atoms with E-state index in [0.717, 1.165) is 5.56 Å². The number of thiocarbonyl (C=S) groups is 1. The van der Waals surface area contributed by atoms with Crippen molar-refractivity contribution in [2.75, 3.05) is 5.32 Å². The van der Waals surface area contributed by atoms with Crippen LogP contribution in [-0.2, 0) is 0 Å². The average molecular weight is 403 g/mol. The van der Waals surface area contributed by atoms with E-state index in [4.69, 9.17) is 12.2 Å². The van der Waals surface area contributed by atoms with Crippen LogP contribution in [0.1, 0.15) is 11.3 Å². The number of pyridine rings is 1. The van der Waals surface area contributed by atoms with E-state index in [0.29, 0.717) is 17.1 Å². The van der Waals surface area contributed by atoms with Crippen LogP contribution in [0, 0.1) is 10.1 Å². The van der Waals surface area contributed by atoms with Crippen molar-refractivity contribution in [2.45, 2.75) is 0 Å². The molecule has 0 amide bonds. The monoisotopic (exact) mass is 403 g/mol. The number of hydrogen-bond acceptors (Lipinski definition) is 5. The van der Waals surface area contributed by atoms with Crippen LogP contribution < -0.4 is 10.7 Å². The third-order valence-corrected chi connectivity index (χ3v) is 3.97. The highest BCUT2D eigenvalue weighted by molar-refractivity contribution is 7.80. The first-order chi connectivity index (χ1) is 14.1. The zero-order chi connectivity index (χ0) is 20.5. The highest BCUT2D eigenvalue weighted by atomic mass is 32.1. The molecule has 3 rings (SSSR count). The minimum absolute atomic E-state index is 0.0101. The Morgan fingerprint density at radius 3 is 2.41 bits per heavy atom. The molecule has 1 aromatic heterocycles. The number of allylic oxidation sites excluding steroid dienone is 1. The Bertz CT molecular complexity index is 1040. The molecule has 0 fully saturated rings. The van der Waals surface area contributed by atoms with Crippen LogP contribution in [0.2, 0.25) is 0 Å². The second kappa shape index (κ2) is 9.86. The van der Waals surface area contributed by atoms with Gasteiger partial charge < -0.3 is 5.32 Å². The van der Waals surface area contributed by atoms with Crippen molar-refractivity contribution in [1.82, 2.24) is 10.4 Å². The summed E-state index contributed by atoms with van der Waals surface area (Å²) in [5.74, 6) is 0. The van der Waals surface area contributed by atoms with Gasteiger partial charge in [0.25, 0.3) is 5.69 Å².